The fourth-order valence-corrected chi connectivity index (χ4v) is 0.733. The molecule has 0 rings (SSSR count). The quantitative estimate of drug-likeness (QED) is 0.417. The van der Waals surface area contributed by atoms with Crippen LogP contribution < -0.4 is 0 Å². The third-order valence-electron chi connectivity index (χ3n) is 0.404. The normalized spacial score (nSPS) is 8.14. The summed E-state index contributed by atoms with van der Waals surface area (Å²) in [5, 5.41) is 0. The lowest BCUT2D eigenvalue weighted by Gasteiger charge is -1.86. The Kier molecular flexibility index (Phi) is 4.45. The monoisotopic (exact) mass is 132 g/mol. The zero-order valence-electron chi connectivity index (χ0n) is 4.31. The molecule has 2 heteroatoms. The van der Waals surface area contributed by atoms with E-state index in [1.807, 2.05) is 13.0 Å². The van der Waals surface area contributed by atoms with Gasteiger partial charge in [0, 0.05) is 9.95 Å². The lowest BCUT2D eigenvalue weighted by atomic mass is 10.8. The van der Waals surface area contributed by atoms with Crippen LogP contribution in [0.2, 0.25) is 0 Å². The van der Waals surface area contributed by atoms with Crippen molar-refractivity contribution in [3.05, 3.63) is 12.7 Å². The van der Waals surface area contributed by atoms with Crippen LogP contribution in [0.25, 0.3) is 0 Å². The Bertz CT molecular complexity index is 76.1. The average Bonchev–Trinajstić information content (AvgIpc) is 1.61. The number of thiocarbonyl (C=S) groups is 1. The first-order valence-electron chi connectivity index (χ1n) is 2.01. The molecule has 40 valence electrons. The second-order valence-corrected chi connectivity index (χ2v) is 3.20. The molecule has 0 aliphatic rings. The van der Waals surface area contributed by atoms with Gasteiger partial charge in [-0.15, -0.1) is 18.3 Å². The molecule has 7 heavy (non-hydrogen) atoms. The van der Waals surface area contributed by atoms with Gasteiger partial charge in [-0.05, 0) is 6.92 Å². The minimum atomic E-state index is 0.940. The summed E-state index contributed by atoms with van der Waals surface area (Å²) in [6.45, 7) is 5.47. The smallest absolute Gasteiger partial charge is 0.0450 e. The van der Waals surface area contributed by atoms with Gasteiger partial charge in [0.2, 0.25) is 0 Å². The van der Waals surface area contributed by atoms with Gasteiger partial charge in [-0.3, -0.25) is 0 Å². The van der Waals surface area contributed by atoms with Gasteiger partial charge in [0.25, 0.3) is 0 Å². The first-order valence-corrected chi connectivity index (χ1v) is 3.41. The largest absolute Gasteiger partial charge is 0.115 e. The number of thioether (sulfide) groups is 1. The molecule has 0 aliphatic carbocycles. The van der Waals surface area contributed by atoms with Gasteiger partial charge >= 0.3 is 0 Å². The van der Waals surface area contributed by atoms with Crippen molar-refractivity contribution in [2.75, 3.05) is 5.75 Å². The molecular formula is C5H8S2. The summed E-state index contributed by atoms with van der Waals surface area (Å²) in [4.78, 5) is 0. The fourth-order valence-electron chi connectivity index (χ4n) is 0.176. The Morgan fingerprint density at radius 2 is 2.57 bits per heavy atom. The Balaban J connectivity index is 2.97. The van der Waals surface area contributed by atoms with E-state index in [2.05, 4.69) is 6.58 Å². The van der Waals surface area contributed by atoms with Crippen molar-refractivity contribution in [3.63, 3.8) is 0 Å². The summed E-state index contributed by atoms with van der Waals surface area (Å²) >= 11 is 6.42. The van der Waals surface area contributed by atoms with Crippen LogP contribution in [0.4, 0.5) is 0 Å². The molecule has 0 fully saturated rings. The molecular weight excluding hydrogens is 124 g/mol. The maximum Gasteiger partial charge on any atom is 0.0450 e. The molecule has 0 aromatic heterocycles. The van der Waals surface area contributed by atoms with E-state index in [-0.39, 0.29) is 0 Å². The molecule has 0 aromatic rings. The predicted molar refractivity (Wildman–Crippen MR) is 40.9 cm³/mol. The minimum absolute atomic E-state index is 0.940. The molecule has 0 bridgehead atoms. The van der Waals surface area contributed by atoms with Crippen molar-refractivity contribution in [2.45, 2.75) is 6.92 Å². The molecule has 0 spiro atoms. The Morgan fingerprint density at radius 1 is 2.00 bits per heavy atom. The van der Waals surface area contributed by atoms with E-state index in [0.29, 0.717) is 0 Å². The Hall–Kier alpha value is 0.180. The molecule has 0 radical (unpaired) electrons. The third-order valence-corrected chi connectivity index (χ3v) is 1.57. The van der Waals surface area contributed by atoms with Crippen LogP contribution in [0.5, 0.6) is 0 Å². The van der Waals surface area contributed by atoms with Crippen LogP contribution in [0, 0.1) is 0 Å². The van der Waals surface area contributed by atoms with Crippen molar-refractivity contribution in [2.24, 2.45) is 0 Å². The van der Waals surface area contributed by atoms with Gasteiger partial charge in [0.1, 0.15) is 0 Å². The van der Waals surface area contributed by atoms with Gasteiger partial charge in [-0.25, -0.2) is 0 Å². The highest BCUT2D eigenvalue weighted by Gasteiger charge is 1.80. The van der Waals surface area contributed by atoms with Crippen LogP contribution in [0.3, 0.4) is 0 Å². The van der Waals surface area contributed by atoms with Gasteiger partial charge < -0.3 is 0 Å². The number of hydrogen-bond acceptors (Lipinski definition) is 2. The number of rotatable bonds is 2. The SMILES string of the molecule is C=CCSC(C)=S. The molecule has 0 aliphatic heterocycles. The topological polar surface area (TPSA) is 0 Å². The fraction of sp³-hybridized carbons (Fsp3) is 0.400. The van der Waals surface area contributed by atoms with Crippen LogP contribution >= 0.6 is 24.0 Å². The molecule has 0 N–H and O–H groups in total. The lowest BCUT2D eigenvalue weighted by molar-refractivity contribution is 1.83. The Labute approximate surface area is 54.0 Å². The van der Waals surface area contributed by atoms with E-state index in [1.54, 1.807) is 11.8 Å². The van der Waals surface area contributed by atoms with Crippen LogP contribution in [0.15, 0.2) is 12.7 Å². The predicted octanol–water partition coefficient (Wildman–Crippen LogP) is 2.25. The Morgan fingerprint density at radius 3 is 2.71 bits per heavy atom. The van der Waals surface area contributed by atoms with Crippen molar-refractivity contribution < 1.29 is 0 Å². The minimum Gasteiger partial charge on any atom is -0.115 e. The molecule has 0 heterocycles. The van der Waals surface area contributed by atoms with E-state index < -0.39 is 0 Å². The summed E-state index contributed by atoms with van der Waals surface area (Å²) in [7, 11) is 0. The third kappa shape index (κ3) is 6.18. The van der Waals surface area contributed by atoms with E-state index >= 15 is 0 Å². The standard InChI is InChI=1S/C5H8S2/c1-3-4-7-5(2)6/h3H,1,4H2,2H3. The van der Waals surface area contributed by atoms with Crippen molar-refractivity contribution in [1.82, 2.24) is 0 Å². The van der Waals surface area contributed by atoms with Gasteiger partial charge in [-0.1, -0.05) is 18.3 Å². The first kappa shape index (κ1) is 7.18. The highest BCUT2D eigenvalue weighted by atomic mass is 32.2. The zero-order valence-corrected chi connectivity index (χ0v) is 5.94. The zero-order chi connectivity index (χ0) is 5.70. The van der Waals surface area contributed by atoms with Crippen LogP contribution in [-0.4, -0.2) is 9.95 Å². The van der Waals surface area contributed by atoms with Crippen molar-refractivity contribution >= 4 is 28.2 Å². The van der Waals surface area contributed by atoms with E-state index in [0.717, 1.165) is 9.95 Å². The summed E-state index contributed by atoms with van der Waals surface area (Å²) in [5.41, 5.74) is 0. The second-order valence-electron chi connectivity index (χ2n) is 1.09. The maximum absolute atomic E-state index is 4.78. The van der Waals surface area contributed by atoms with E-state index in [4.69, 9.17) is 12.2 Å². The van der Waals surface area contributed by atoms with E-state index in [9.17, 15) is 0 Å². The molecule has 0 unspecified atom stereocenters. The molecule has 0 atom stereocenters. The van der Waals surface area contributed by atoms with Gasteiger partial charge in [0.05, 0.1) is 0 Å². The maximum atomic E-state index is 4.78. The second kappa shape index (κ2) is 4.34. The van der Waals surface area contributed by atoms with Crippen LogP contribution in [-0.2, 0) is 0 Å². The summed E-state index contributed by atoms with van der Waals surface area (Å²) in [6.07, 6.45) is 1.85. The number of hydrogen-bond donors (Lipinski definition) is 0. The van der Waals surface area contributed by atoms with Crippen molar-refractivity contribution in [3.8, 4) is 0 Å². The highest BCUT2D eigenvalue weighted by molar-refractivity contribution is 8.23. The summed E-state index contributed by atoms with van der Waals surface area (Å²) in [5.74, 6) is 0.940. The summed E-state index contributed by atoms with van der Waals surface area (Å²) in [6, 6.07) is 0. The molecule has 0 nitrogen and oxygen atoms in total. The molecule has 0 amide bonds. The van der Waals surface area contributed by atoms with Gasteiger partial charge in [-0.2, -0.15) is 0 Å². The highest BCUT2D eigenvalue weighted by Crippen LogP contribution is 2.01. The average molecular weight is 132 g/mol. The van der Waals surface area contributed by atoms with Crippen LogP contribution in [0.1, 0.15) is 6.92 Å². The van der Waals surface area contributed by atoms with E-state index in [1.165, 1.54) is 0 Å². The van der Waals surface area contributed by atoms with Crippen molar-refractivity contribution in [1.29, 1.82) is 0 Å². The summed E-state index contributed by atoms with van der Waals surface area (Å²) < 4.78 is 0.986. The lowest BCUT2D eigenvalue weighted by Crippen LogP contribution is -1.75. The van der Waals surface area contributed by atoms with Gasteiger partial charge in [0.15, 0.2) is 0 Å². The molecule has 0 saturated carbocycles. The molecule has 0 saturated heterocycles. The molecule has 0 aromatic carbocycles. The first-order chi connectivity index (χ1) is 3.27.